The summed E-state index contributed by atoms with van der Waals surface area (Å²) in [6.07, 6.45) is 4.28. The lowest BCUT2D eigenvalue weighted by atomic mass is 9.76. The van der Waals surface area contributed by atoms with Gasteiger partial charge in [-0.25, -0.2) is 0 Å². The fourth-order valence-corrected chi connectivity index (χ4v) is 3.66. The van der Waals surface area contributed by atoms with Crippen molar-refractivity contribution in [3.63, 3.8) is 0 Å². The van der Waals surface area contributed by atoms with E-state index in [0.29, 0.717) is 17.9 Å². The van der Waals surface area contributed by atoms with E-state index in [9.17, 15) is 4.79 Å². The summed E-state index contributed by atoms with van der Waals surface area (Å²) in [4.78, 5) is 17.3. The lowest BCUT2D eigenvalue weighted by Gasteiger charge is -2.38. The molecule has 0 spiro atoms. The SMILES string of the molecule is CC1C(N)CCCC1C(=O)N1CCCN(C)CC1C. The van der Waals surface area contributed by atoms with Crippen molar-refractivity contribution >= 4 is 5.91 Å². The summed E-state index contributed by atoms with van der Waals surface area (Å²) in [5.74, 6) is 0.828. The number of hydrogen-bond acceptors (Lipinski definition) is 3. The molecule has 0 bridgehead atoms. The van der Waals surface area contributed by atoms with E-state index in [1.54, 1.807) is 0 Å². The second kappa shape index (κ2) is 6.23. The Morgan fingerprint density at radius 3 is 2.63 bits per heavy atom. The molecule has 1 saturated heterocycles. The Morgan fingerprint density at radius 1 is 1.16 bits per heavy atom. The first-order valence-corrected chi connectivity index (χ1v) is 7.75. The second-order valence-electron chi connectivity index (χ2n) is 6.56. The van der Waals surface area contributed by atoms with Crippen molar-refractivity contribution in [2.75, 3.05) is 26.7 Å². The number of likely N-dealkylation sites (N-methyl/N-ethyl adjacent to an activating group) is 1. The molecule has 1 aliphatic carbocycles. The first kappa shape index (κ1) is 14.8. The topological polar surface area (TPSA) is 49.6 Å². The Labute approximate surface area is 117 Å². The van der Waals surface area contributed by atoms with Crippen molar-refractivity contribution in [2.24, 2.45) is 17.6 Å². The Bertz CT molecular complexity index is 321. The molecule has 19 heavy (non-hydrogen) atoms. The zero-order valence-electron chi connectivity index (χ0n) is 12.6. The summed E-state index contributed by atoms with van der Waals surface area (Å²) in [6.45, 7) is 7.31. The lowest BCUT2D eigenvalue weighted by molar-refractivity contribution is -0.140. The van der Waals surface area contributed by atoms with Gasteiger partial charge < -0.3 is 15.5 Å². The van der Waals surface area contributed by atoms with Gasteiger partial charge in [-0.15, -0.1) is 0 Å². The summed E-state index contributed by atoms with van der Waals surface area (Å²) in [7, 11) is 2.14. The summed E-state index contributed by atoms with van der Waals surface area (Å²) in [5.41, 5.74) is 6.14. The van der Waals surface area contributed by atoms with Gasteiger partial charge in [-0.05, 0) is 45.7 Å². The van der Waals surface area contributed by atoms with Crippen LogP contribution in [0.4, 0.5) is 0 Å². The molecular formula is C15H29N3O. The first-order chi connectivity index (χ1) is 9.00. The van der Waals surface area contributed by atoms with E-state index in [4.69, 9.17) is 5.73 Å². The molecule has 1 heterocycles. The van der Waals surface area contributed by atoms with E-state index in [1.807, 2.05) is 0 Å². The Hall–Kier alpha value is -0.610. The van der Waals surface area contributed by atoms with Crippen LogP contribution in [0.3, 0.4) is 0 Å². The van der Waals surface area contributed by atoms with E-state index in [2.05, 4.69) is 30.7 Å². The molecule has 110 valence electrons. The van der Waals surface area contributed by atoms with Gasteiger partial charge in [0.15, 0.2) is 0 Å². The number of amides is 1. The largest absolute Gasteiger partial charge is 0.338 e. The van der Waals surface area contributed by atoms with Crippen molar-refractivity contribution < 1.29 is 4.79 Å². The highest BCUT2D eigenvalue weighted by molar-refractivity contribution is 5.79. The van der Waals surface area contributed by atoms with Gasteiger partial charge in [0.05, 0.1) is 0 Å². The molecule has 4 atom stereocenters. The maximum Gasteiger partial charge on any atom is 0.226 e. The monoisotopic (exact) mass is 267 g/mol. The summed E-state index contributed by atoms with van der Waals surface area (Å²) >= 11 is 0. The van der Waals surface area contributed by atoms with Crippen LogP contribution in [0, 0.1) is 11.8 Å². The molecule has 1 saturated carbocycles. The molecule has 2 fully saturated rings. The van der Waals surface area contributed by atoms with Gasteiger partial charge in [-0.1, -0.05) is 13.3 Å². The van der Waals surface area contributed by atoms with Crippen molar-refractivity contribution in [2.45, 2.75) is 51.6 Å². The van der Waals surface area contributed by atoms with E-state index in [0.717, 1.165) is 45.3 Å². The Kier molecular flexibility index (Phi) is 4.85. The second-order valence-corrected chi connectivity index (χ2v) is 6.56. The molecular weight excluding hydrogens is 238 g/mol. The molecule has 2 rings (SSSR count). The van der Waals surface area contributed by atoms with Crippen LogP contribution >= 0.6 is 0 Å². The number of rotatable bonds is 1. The van der Waals surface area contributed by atoms with Gasteiger partial charge in [0.25, 0.3) is 0 Å². The third-order valence-corrected chi connectivity index (χ3v) is 5.01. The van der Waals surface area contributed by atoms with E-state index >= 15 is 0 Å². The van der Waals surface area contributed by atoms with Crippen molar-refractivity contribution in [3.8, 4) is 0 Å². The van der Waals surface area contributed by atoms with Crippen LogP contribution in [0.25, 0.3) is 0 Å². The third-order valence-electron chi connectivity index (χ3n) is 5.01. The fraction of sp³-hybridized carbons (Fsp3) is 0.933. The van der Waals surface area contributed by atoms with E-state index < -0.39 is 0 Å². The highest BCUT2D eigenvalue weighted by Crippen LogP contribution is 2.31. The third kappa shape index (κ3) is 3.29. The van der Waals surface area contributed by atoms with Gasteiger partial charge in [0.2, 0.25) is 5.91 Å². The van der Waals surface area contributed by atoms with E-state index in [1.165, 1.54) is 0 Å². The minimum absolute atomic E-state index is 0.148. The summed E-state index contributed by atoms with van der Waals surface area (Å²) in [5, 5.41) is 0. The molecule has 1 amide bonds. The van der Waals surface area contributed by atoms with Crippen LogP contribution in [-0.2, 0) is 4.79 Å². The predicted molar refractivity (Wildman–Crippen MR) is 77.8 cm³/mol. The zero-order chi connectivity index (χ0) is 14.0. The average molecular weight is 267 g/mol. The molecule has 0 aromatic carbocycles. The molecule has 2 N–H and O–H groups in total. The quantitative estimate of drug-likeness (QED) is 0.779. The minimum Gasteiger partial charge on any atom is -0.338 e. The molecule has 4 nitrogen and oxygen atoms in total. The number of nitrogens with two attached hydrogens (primary N) is 1. The Morgan fingerprint density at radius 2 is 1.89 bits per heavy atom. The smallest absolute Gasteiger partial charge is 0.226 e. The summed E-state index contributed by atoms with van der Waals surface area (Å²) in [6, 6.07) is 0.526. The van der Waals surface area contributed by atoms with Gasteiger partial charge >= 0.3 is 0 Å². The molecule has 1 aliphatic heterocycles. The number of hydrogen-bond donors (Lipinski definition) is 1. The van der Waals surface area contributed by atoms with Crippen LogP contribution in [0.15, 0.2) is 0 Å². The number of carbonyl (C=O) groups is 1. The predicted octanol–water partition coefficient (Wildman–Crippen LogP) is 1.30. The zero-order valence-corrected chi connectivity index (χ0v) is 12.6. The molecule has 0 radical (unpaired) electrons. The van der Waals surface area contributed by atoms with Crippen LogP contribution in [0.5, 0.6) is 0 Å². The van der Waals surface area contributed by atoms with Gasteiger partial charge in [0, 0.05) is 31.1 Å². The lowest BCUT2D eigenvalue weighted by Crippen LogP contribution is -2.49. The highest BCUT2D eigenvalue weighted by atomic mass is 16.2. The van der Waals surface area contributed by atoms with Gasteiger partial charge in [-0.2, -0.15) is 0 Å². The molecule has 4 heteroatoms. The van der Waals surface area contributed by atoms with E-state index in [-0.39, 0.29) is 12.0 Å². The maximum atomic E-state index is 12.8. The standard InChI is InChI=1S/C15H29N3O/c1-11-10-17(3)8-5-9-18(11)15(19)13-6-4-7-14(16)12(13)2/h11-14H,4-10,16H2,1-3H3. The van der Waals surface area contributed by atoms with Crippen molar-refractivity contribution in [1.29, 1.82) is 0 Å². The fourth-order valence-electron chi connectivity index (χ4n) is 3.66. The summed E-state index contributed by atoms with van der Waals surface area (Å²) < 4.78 is 0. The van der Waals surface area contributed by atoms with Crippen molar-refractivity contribution in [3.05, 3.63) is 0 Å². The maximum absolute atomic E-state index is 12.8. The molecule has 0 aromatic rings. The van der Waals surface area contributed by atoms with Crippen molar-refractivity contribution in [1.82, 2.24) is 9.80 Å². The van der Waals surface area contributed by atoms with Crippen LogP contribution < -0.4 is 5.73 Å². The molecule has 0 aromatic heterocycles. The molecule has 4 unspecified atom stereocenters. The molecule has 2 aliphatic rings. The highest BCUT2D eigenvalue weighted by Gasteiger charge is 2.36. The van der Waals surface area contributed by atoms with Gasteiger partial charge in [0.1, 0.15) is 0 Å². The Balaban J connectivity index is 2.05. The number of carbonyl (C=O) groups excluding carboxylic acids is 1. The van der Waals surface area contributed by atoms with Crippen LogP contribution in [0.1, 0.15) is 39.5 Å². The minimum atomic E-state index is 0.148. The first-order valence-electron chi connectivity index (χ1n) is 7.75. The van der Waals surface area contributed by atoms with Crippen LogP contribution in [-0.4, -0.2) is 54.5 Å². The normalized spacial score (nSPS) is 38.0. The van der Waals surface area contributed by atoms with Crippen LogP contribution in [0.2, 0.25) is 0 Å². The average Bonchev–Trinajstić information content (AvgIpc) is 2.53. The number of nitrogens with zero attached hydrogens (tertiary/aromatic N) is 2. The van der Waals surface area contributed by atoms with Gasteiger partial charge in [-0.3, -0.25) is 4.79 Å².